The van der Waals surface area contributed by atoms with E-state index in [4.69, 9.17) is 4.98 Å². The topological polar surface area (TPSA) is 188 Å². The number of hydrogen-bond donors (Lipinski definition) is 3. The number of allylic oxidation sites excluding steroid dienone is 2. The van der Waals surface area contributed by atoms with Crippen molar-refractivity contribution in [1.29, 1.82) is 0 Å². The molecular formula is C65H80F2N16O3. The van der Waals surface area contributed by atoms with Crippen LogP contribution in [0.3, 0.4) is 0 Å². The molecule has 0 aliphatic carbocycles. The van der Waals surface area contributed by atoms with Crippen molar-refractivity contribution < 1.29 is 13.9 Å². The molecule has 0 unspecified atom stereocenters. The lowest BCUT2D eigenvalue weighted by Crippen LogP contribution is -2.46. The van der Waals surface area contributed by atoms with Crippen LogP contribution in [0.15, 0.2) is 126 Å². The molecule has 21 heteroatoms. The summed E-state index contributed by atoms with van der Waals surface area (Å²) >= 11 is 0. The largest absolute Gasteiger partial charge is 0.384 e. The number of aromatic nitrogens is 10. The van der Waals surface area contributed by atoms with Crippen molar-refractivity contribution in [2.24, 2.45) is 10.8 Å². The van der Waals surface area contributed by atoms with Gasteiger partial charge in [0.05, 0.1) is 24.5 Å². The van der Waals surface area contributed by atoms with E-state index in [1.165, 1.54) is 121 Å². The number of halogens is 2. The van der Waals surface area contributed by atoms with E-state index in [-0.39, 0.29) is 35.6 Å². The first-order valence-electron chi connectivity index (χ1n) is 30.0. The van der Waals surface area contributed by atoms with Crippen molar-refractivity contribution in [2.75, 3.05) is 86.9 Å². The summed E-state index contributed by atoms with van der Waals surface area (Å²) in [6.07, 6.45) is 14.8. The van der Waals surface area contributed by atoms with Crippen molar-refractivity contribution >= 4 is 56.7 Å². The van der Waals surface area contributed by atoms with Crippen LogP contribution in [0.1, 0.15) is 97.4 Å². The van der Waals surface area contributed by atoms with Crippen LogP contribution in [0.2, 0.25) is 0 Å². The van der Waals surface area contributed by atoms with Gasteiger partial charge in [0.1, 0.15) is 28.0 Å². The fraction of sp³-hybridized carbons (Fsp3) is 0.446. The summed E-state index contributed by atoms with van der Waals surface area (Å²) in [6.45, 7) is 25.1. The van der Waals surface area contributed by atoms with E-state index in [1.54, 1.807) is 48.9 Å². The Bertz CT molecular complexity index is 3880. The molecule has 0 saturated carbocycles. The van der Waals surface area contributed by atoms with Crippen LogP contribution >= 0.6 is 0 Å². The molecule has 10 heterocycles. The first kappa shape index (κ1) is 59.6. The molecule has 6 aromatic heterocycles. The minimum Gasteiger partial charge on any atom is -0.384 e. The van der Waals surface area contributed by atoms with Crippen molar-refractivity contribution in [3.05, 3.63) is 154 Å². The lowest BCUT2D eigenvalue weighted by atomic mass is 9.71. The SMILES string of the molecule is C=C(F)Cn1c(=O)c2cnc(Nc3ccc(N4CCC5(CCN(C)CC5)CC4)cc3)nc2n1-c1cccc(C(C)(C)O)n1.C=CCn1c(=O)c2cnc(Nc3ccc(N4CCC5(CCN(C)CC5)CC4)cc3)nc2n1-c1ccc(F)c(C(C)(C)C)n1. The van der Waals surface area contributed by atoms with Gasteiger partial charge in [-0.3, -0.25) is 9.59 Å². The number of nitrogens with zero attached hydrogens (tertiary/aromatic N) is 14. The van der Waals surface area contributed by atoms with Crippen molar-refractivity contribution in [3.63, 3.8) is 0 Å². The number of pyridine rings is 2. The molecule has 4 aliphatic heterocycles. The van der Waals surface area contributed by atoms with Gasteiger partial charge >= 0.3 is 0 Å². The molecule has 86 heavy (non-hydrogen) atoms. The third kappa shape index (κ3) is 12.6. The Morgan fingerprint density at radius 3 is 1.50 bits per heavy atom. The summed E-state index contributed by atoms with van der Waals surface area (Å²) in [5.41, 5.74) is 3.96. The van der Waals surface area contributed by atoms with E-state index in [0.717, 1.165) is 37.6 Å². The van der Waals surface area contributed by atoms with Gasteiger partial charge < -0.3 is 35.3 Å². The van der Waals surface area contributed by atoms with E-state index in [9.17, 15) is 23.5 Å². The average Bonchev–Trinajstić information content (AvgIpc) is 1.81. The highest BCUT2D eigenvalue weighted by Crippen LogP contribution is 2.43. The molecule has 0 atom stereocenters. The molecular weight excluding hydrogens is 1090 g/mol. The monoisotopic (exact) mass is 1170 g/mol. The summed E-state index contributed by atoms with van der Waals surface area (Å²) in [6, 6.07) is 24.6. The normalized spacial score (nSPS) is 17.5. The predicted molar refractivity (Wildman–Crippen MR) is 337 cm³/mol. The zero-order valence-electron chi connectivity index (χ0n) is 50.7. The van der Waals surface area contributed by atoms with Gasteiger partial charge in [-0.2, -0.15) is 9.97 Å². The Hall–Kier alpha value is -8.14. The molecule has 0 amide bonds. The third-order valence-corrected chi connectivity index (χ3v) is 18.0. The number of likely N-dealkylation sites (tertiary alicyclic amines) is 2. The molecule has 8 aromatic rings. The van der Waals surface area contributed by atoms with Crippen LogP contribution in [0.25, 0.3) is 33.7 Å². The maximum atomic E-state index is 14.7. The number of anilines is 6. The molecule has 2 spiro atoms. The van der Waals surface area contributed by atoms with Gasteiger partial charge in [-0.05, 0) is 189 Å². The second-order valence-electron chi connectivity index (χ2n) is 25.7. The summed E-state index contributed by atoms with van der Waals surface area (Å²) in [5, 5.41) is 17.6. The van der Waals surface area contributed by atoms with Crippen LogP contribution in [0.4, 0.5) is 43.4 Å². The first-order valence-corrected chi connectivity index (χ1v) is 30.0. The van der Waals surface area contributed by atoms with Crippen LogP contribution in [0.5, 0.6) is 0 Å². The number of fused-ring (bicyclic) bond motifs is 2. The van der Waals surface area contributed by atoms with Crippen LogP contribution in [-0.2, 0) is 24.1 Å². The lowest BCUT2D eigenvalue weighted by molar-refractivity contribution is 0.0738. The summed E-state index contributed by atoms with van der Waals surface area (Å²) in [4.78, 5) is 63.8. The van der Waals surface area contributed by atoms with Crippen molar-refractivity contribution in [1.82, 2.24) is 58.4 Å². The molecule has 4 fully saturated rings. The Morgan fingerprint density at radius 1 is 0.616 bits per heavy atom. The number of benzene rings is 2. The summed E-state index contributed by atoms with van der Waals surface area (Å²) in [7, 11) is 4.44. The Kier molecular flexibility index (Phi) is 16.6. The van der Waals surface area contributed by atoms with Gasteiger partial charge in [0.15, 0.2) is 22.9 Å². The fourth-order valence-corrected chi connectivity index (χ4v) is 12.6. The standard InChI is InChI=1S/C33H41FN8O.C32H39FN8O2/c1-6-17-41-30(43)25-22-35-31(38-29(25)42(41)27-12-11-26(34)28(37-27)32(2,3)4)36-23-7-9-24(10-8-23)40-20-15-33(16-21-40)13-18-39(5)19-14-33;1-22(33)21-40-29(42)25-20-34-30(37-28(25)41(40)27-7-5-6-26(36-27)31(2,3)43)35-23-8-10-24(11-9-23)39-18-14-32(15-19-39)12-16-38(4)17-13-32/h6-12,22H,1,13-21H2,2-5H3,(H,35,36,38);5-11,20,43H,1,12-19,21H2,2-4H3,(H,34,35,37). The summed E-state index contributed by atoms with van der Waals surface area (Å²) in [5.74, 6) is 0.266. The molecule has 2 aromatic carbocycles. The number of rotatable bonds is 13. The highest BCUT2D eigenvalue weighted by Gasteiger charge is 2.38. The van der Waals surface area contributed by atoms with Gasteiger partial charge in [0, 0.05) is 66.7 Å². The van der Waals surface area contributed by atoms with Crippen LogP contribution < -0.4 is 31.6 Å². The fourth-order valence-electron chi connectivity index (χ4n) is 12.6. The zero-order valence-corrected chi connectivity index (χ0v) is 50.7. The van der Waals surface area contributed by atoms with E-state index < -0.39 is 28.2 Å². The lowest BCUT2D eigenvalue weighted by Gasteiger charge is -2.46. The molecule has 0 bridgehead atoms. The van der Waals surface area contributed by atoms with Gasteiger partial charge in [0.2, 0.25) is 11.9 Å². The predicted octanol–water partition coefficient (Wildman–Crippen LogP) is 10.4. The second kappa shape index (κ2) is 24.0. The average molecular weight is 1170 g/mol. The Balaban J connectivity index is 0.000000179. The minimum atomic E-state index is -1.22. The van der Waals surface area contributed by atoms with Crippen LogP contribution in [-0.4, -0.2) is 130 Å². The minimum absolute atomic E-state index is 0.213. The smallest absolute Gasteiger partial charge is 0.278 e. The molecule has 0 radical (unpaired) electrons. The van der Waals surface area contributed by atoms with E-state index in [2.05, 4.69) is 107 Å². The highest BCUT2D eigenvalue weighted by molar-refractivity contribution is 5.78. The van der Waals surface area contributed by atoms with Crippen LogP contribution in [0, 0.1) is 16.6 Å². The molecule has 12 rings (SSSR count). The Morgan fingerprint density at radius 2 is 1.06 bits per heavy atom. The summed E-state index contributed by atoms with van der Waals surface area (Å²) < 4.78 is 34.5. The van der Waals surface area contributed by atoms with E-state index in [0.29, 0.717) is 50.8 Å². The molecule has 4 saturated heterocycles. The van der Waals surface area contributed by atoms with Crippen molar-refractivity contribution in [2.45, 2.75) is 110 Å². The molecule has 4 aliphatic rings. The van der Waals surface area contributed by atoms with Gasteiger partial charge in [0.25, 0.3) is 11.1 Å². The van der Waals surface area contributed by atoms with E-state index >= 15 is 0 Å². The maximum absolute atomic E-state index is 14.7. The molecule has 19 nitrogen and oxygen atoms in total. The number of hydrogen-bond acceptors (Lipinski definition) is 15. The number of aliphatic hydroxyl groups is 1. The Labute approximate surface area is 500 Å². The van der Waals surface area contributed by atoms with Crippen molar-refractivity contribution in [3.8, 4) is 11.6 Å². The second-order valence-corrected chi connectivity index (χ2v) is 25.7. The first-order chi connectivity index (χ1) is 41.1. The van der Waals surface area contributed by atoms with Gasteiger partial charge in [-0.25, -0.2) is 47.4 Å². The maximum Gasteiger partial charge on any atom is 0.278 e. The van der Waals surface area contributed by atoms with E-state index in [1.807, 2.05) is 45.0 Å². The number of piperidine rings is 4. The third-order valence-electron chi connectivity index (χ3n) is 18.0. The molecule has 452 valence electrons. The van der Waals surface area contributed by atoms with Gasteiger partial charge in [-0.15, -0.1) is 6.58 Å². The van der Waals surface area contributed by atoms with Gasteiger partial charge in [-0.1, -0.05) is 39.5 Å². The molecule has 3 N–H and O–H groups in total. The highest BCUT2D eigenvalue weighted by atomic mass is 19.1. The quantitative estimate of drug-likeness (QED) is 0.0925. The zero-order chi connectivity index (χ0) is 60.7. The number of nitrogens with one attached hydrogen (secondary N) is 2.